The Kier molecular flexibility index (Phi) is 7.50. The number of nitrogens with one attached hydrogen (secondary N) is 1. The van der Waals surface area contributed by atoms with Gasteiger partial charge in [0, 0.05) is 45.0 Å². The van der Waals surface area contributed by atoms with Gasteiger partial charge in [0.15, 0.2) is 0 Å². The van der Waals surface area contributed by atoms with Crippen LogP contribution in [0.1, 0.15) is 33.3 Å². The zero-order chi connectivity index (χ0) is 21.7. The maximum absolute atomic E-state index is 12.7. The Morgan fingerprint density at radius 1 is 1.00 bits per heavy atom. The van der Waals surface area contributed by atoms with Crippen molar-refractivity contribution in [3.05, 3.63) is 29.8 Å². The molecule has 0 aromatic heterocycles. The molecule has 2 saturated heterocycles. The third-order valence-electron chi connectivity index (χ3n) is 6.08. The van der Waals surface area contributed by atoms with Gasteiger partial charge in [-0.2, -0.15) is 0 Å². The minimum absolute atomic E-state index is 0.0105. The summed E-state index contributed by atoms with van der Waals surface area (Å²) in [6, 6.07) is 7.89. The Labute approximate surface area is 180 Å². The number of amides is 2. The average Bonchev–Trinajstić information content (AvgIpc) is 2.74. The molecule has 7 heteroatoms. The molecule has 0 radical (unpaired) electrons. The van der Waals surface area contributed by atoms with E-state index < -0.39 is 0 Å². The number of nitrogens with zero attached hydrogens (tertiary/aromatic N) is 3. The van der Waals surface area contributed by atoms with Gasteiger partial charge in [-0.1, -0.05) is 32.9 Å². The SMILES string of the molecule is CC(C(=O)Nc1ccc(C(C)(C)C)cc1)N1CCN(CC(=O)N2CCOCC2)CC1. The molecule has 1 N–H and O–H groups in total. The molecular weight excluding hydrogens is 380 g/mol. The van der Waals surface area contributed by atoms with Crippen LogP contribution < -0.4 is 5.32 Å². The van der Waals surface area contributed by atoms with Crippen molar-refractivity contribution in [3.63, 3.8) is 0 Å². The molecule has 2 fully saturated rings. The first-order chi connectivity index (χ1) is 14.2. The van der Waals surface area contributed by atoms with Crippen LogP contribution in [0.2, 0.25) is 0 Å². The Balaban J connectivity index is 1.44. The van der Waals surface area contributed by atoms with E-state index in [0.717, 1.165) is 31.9 Å². The number of hydrogen-bond acceptors (Lipinski definition) is 5. The second-order valence-electron chi connectivity index (χ2n) is 9.30. The first-order valence-corrected chi connectivity index (χ1v) is 11.0. The molecule has 2 heterocycles. The van der Waals surface area contributed by atoms with Crippen LogP contribution in [-0.4, -0.2) is 91.6 Å². The van der Waals surface area contributed by atoms with E-state index in [4.69, 9.17) is 4.74 Å². The fourth-order valence-electron chi connectivity index (χ4n) is 3.88. The molecule has 1 aromatic carbocycles. The van der Waals surface area contributed by atoms with Gasteiger partial charge < -0.3 is 15.0 Å². The lowest BCUT2D eigenvalue weighted by Crippen LogP contribution is -2.55. The molecule has 166 valence electrons. The number of ether oxygens (including phenoxy) is 1. The van der Waals surface area contributed by atoms with Crippen molar-refractivity contribution in [1.82, 2.24) is 14.7 Å². The van der Waals surface area contributed by atoms with E-state index in [1.54, 1.807) is 0 Å². The normalized spacial score (nSPS) is 20.1. The van der Waals surface area contributed by atoms with E-state index in [2.05, 4.69) is 48.0 Å². The van der Waals surface area contributed by atoms with Crippen molar-refractivity contribution >= 4 is 17.5 Å². The third-order valence-corrected chi connectivity index (χ3v) is 6.08. The second kappa shape index (κ2) is 9.90. The summed E-state index contributed by atoms with van der Waals surface area (Å²) in [5, 5.41) is 3.04. The highest BCUT2D eigenvalue weighted by Crippen LogP contribution is 2.23. The summed E-state index contributed by atoms with van der Waals surface area (Å²) < 4.78 is 5.31. The predicted octanol–water partition coefficient (Wildman–Crippen LogP) is 1.79. The van der Waals surface area contributed by atoms with Crippen LogP contribution in [0.3, 0.4) is 0 Å². The van der Waals surface area contributed by atoms with Gasteiger partial charge in [0.05, 0.1) is 25.8 Å². The van der Waals surface area contributed by atoms with Crippen molar-refractivity contribution in [2.45, 2.75) is 39.2 Å². The lowest BCUT2D eigenvalue weighted by molar-refractivity contribution is -0.137. The maximum atomic E-state index is 12.7. The molecule has 2 aliphatic rings. The number of morpholine rings is 1. The summed E-state index contributed by atoms with van der Waals surface area (Å²) in [5.41, 5.74) is 2.17. The van der Waals surface area contributed by atoms with Gasteiger partial charge in [0.2, 0.25) is 11.8 Å². The largest absolute Gasteiger partial charge is 0.378 e. The number of carbonyl (C=O) groups excluding carboxylic acids is 2. The highest BCUT2D eigenvalue weighted by molar-refractivity contribution is 5.94. The van der Waals surface area contributed by atoms with Gasteiger partial charge in [-0.3, -0.25) is 19.4 Å². The van der Waals surface area contributed by atoms with Gasteiger partial charge in [-0.25, -0.2) is 0 Å². The van der Waals surface area contributed by atoms with Gasteiger partial charge in [0.1, 0.15) is 0 Å². The molecule has 30 heavy (non-hydrogen) atoms. The van der Waals surface area contributed by atoms with Crippen molar-refractivity contribution < 1.29 is 14.3 Å². The molecule has 0 bridgehead atoms. The quantitative estimate of drug-likeness (QED) is 0.793. The molecule has 1 aromatic rings. The van der Waals surface area contributed by atoms with E-state index in [1.165, 1.54) is 5.56 Å². The van der Waals surface area contributed by atoms with Gasteiger partial charge >= 0.3 is 0 Å². The van der Waals surface area contributed by atoms with Gasteiger partial charge in [-0.05, 0) is 30.0 Å². The Morgan fingerprint density at radius 3 is 2.17 bits per heavy atom. The van der Waals surface area contributed by atoms with Crippen LogP contribution in [0.4, 0.5) is 5.69 Å². The van der Waals surface area contributed by atoms with E-state index >= 15 is 0 Å². The Bertz CT molecular complexity index is 715. The molecule has 3 rings (SSSR count). The molecular formula is C23H36N4O3. The van der Waals surface area contributed by atoms with Crippen molar-refractivity contribution in [2.24, 2.45) is 0 Å². The molecule has 0 aliphatic carbocycles. The zero-order valence-corrected chi connectivity index (χ0v) is 18.8. The molecule has 0 saturated carbocycles. The zero-order valence-electron chi connectivity index (χ0n) is 18.8. The van der Waals surface area contributed by atoms with Crippen molar-refractivity contribution in [3.8, 4) is 0 Å². The Morgan fingerprint density at radius 2 is 1.60 bits per heavy atom. The van der Waals surface area contributed by atoms with Crippen LogP contribution >= 0.6 is 0 Å². The third kappa shape index (κ3) is 6.03. The Hall–Kier alpha value is -1.96. The van der Waals surface area contributed by atoms with E-state index in [0.29, 0.717) is 32.8 Å². The highest BCUT2D eigenvalue weighted by atomic mass is 16.5. The van der Waals surface area contributed by atoms with Crippen LogP contribution in [-0.2, 0) is 19.7 Å². The summed E-state index contributed by atoms with van der Waals surface area (Å²) in [7, 11) is 0. The van der Waals surface area contributed by atoms with Crippen LogP contribution in [0.25, 0.3) is 0 Å². The number of anilines is 1. The van der Waals surface area contributed by atoms with Crippen LogP contribution in [0.5, 0.6) is 0 Å². The lowest BCUT2D eigenvalue weighted by atomic mass is 9.87. The monoisotopic (exact) mass is 416 g/mol. The lowest BCUT2D eigenvalue weighted by Gasteiger charge is -2.38. The molecule has 2 amide bonds. The summed E-state index contributed by atoms with van der Waals surface area (Å²) in [4.78, 5) is 31.4. The van der Waals surface area contributed by atoms with E-state index in [-0.39, 0.29) is 23.3 Å². The van der Waals surface area contributed by atoms with E-state index in [9.17, 15) is 9.59 Å². The minimum Gasteiger partial charge on any atom is -0.378 e. The second-order valence-corrected chi connectivity index (χ2v) is 9.30. The van der Waals surface area contributed by atoms with Crippen LogP contribution in [0.15, 0.2) is 24.3 Å². The molecule has 7 nitrogen and oxygen atoms in total. The predicted molar refractivity (Wildman–Crippen MR) is 119 cm³/mol. The summed E-state index contributed by atoms with van der Waals surface area (Å²) in [6.07, 6.45) is 0. The van der Waals surface area contributed by atoms with Crippen molar-refractivity contribution in [1.29, 1.82) is 0 Å². The topological polar surface area (TPSA) is 65.1 Å². The van der Waals surface area contributed by atoms with Gasteiger partial charge in [0.25, 0.3) is 0 Å². The van der Waals surface area contributed by atoms with E-state index in [1.807, 2.05) is 24.0 Å². The fraction of sp³-hybridized carbons (Fsp3) is 0.652. The standard InChI is InChI=1S/C23H36N4O3/c1-18(22(29)24-20-7-5-19(6-8-20)23(2,3)4)26-11-9-25(10-12-26)17-21(28)27-13-15-30-16-14-27/h5-8,18H,9-17H2,1-4H3,(H,24,29). The number of rotatable bonds is 5. The molecule has 1 atom stereocenters. The van der Waals surface area contributed by atoms with Crippen molar-refractivity contribution in [2.75, 3.05) is 64.3 Å². The summed E-state index contributed by atoms with van der Waals surface area (Å²) >= 11 is 0. The number of carbonyl (C=O) groups is 2. The highest BCUT2D eigenvalue weighted by Gasteiger charge is 2.27. The summed E-state index contributed by atoms with van der Waals surface area (Å²) in [6.45, 7) is 14.7. The number of benzene rings is 1. The molecule has 1 unspecified atom stereocenters. The van der Waals surface area contributed by atoms with Crippen LogP contribution in [0, 0.1) is 0 Å². The smallest absolute Gasteiger partial charge is 0.241 e. The maximum Gasteiger partial charge on any atom is 0.241 e. The molecule has 2 aliphatic heterocycles. The number of piperazine rings is 1. The minimum atomic E-state index is -0.204. The molecule has 0 spiro atoms. The van der Waals surface area contributed by atoms with Gasteiger partial charge in [-0.15, -0.1) is 0 Å². The first kappa shape index (κ1) is 22.7. The average molecular weight is 417 g/mol. The number of hydrogen-bond donors (Lipinski definition) is 1. The first-order valence-electron chi connectivity index (χ1n) is 11.0. The summed E-state index contributed by atoms with van der Waals surface area (Å²) in [5.74, 6) is 0.188. The fourth-order valence-corrected chi connectivity index (χ4v) is 3.88.